The van der Waals surface area contributed by atoms with Gasteiger partial charge in [-0.1, -0.05) is 12.1 Å². The van der Waals surface area contributed by atoms with E-state index in [-0.39, 0.29) is 17.6 Å². The molecular formula is C23H24N4O2S. The van der Waals surface area contributed by atoms with Crippen LogP contribution in [0.15, 0.2) is 48.7 Å². The molecule has 1 aromatic carbocycles. The molecule has 4 rings (SSSR count). The summed E-state index contributed by atoms with van der Waals surface area (Å²) in [6, 6.07) is 13.2. The van der Waals surface area contributed by atoms with E-state index in [2.05, 4.69) is 32.8 Å². The largest absolute Gasteiger partial charge is 0.478 e. The van der Waals surface area contributed by atoms with E-state index in [1.165, 1.54) is 0 Å². The average Bonchev–Trinajstić information content (AvgIpc) is 3.18. The van der Waals surface area contributed by atoms with Crippen LogP contribution in [0.2, 0.25) is 0 Å². The van der Waals surface area contributed by atoms with E-state index >= 15 is 0 Å². The minimum absolute atomic E-state index is 0.0182. The van der Waals surface area contributed by atoms with Gasteiger partial charge in [0.15, 0.2) is 5.11 Å². The van der Waals surface area contributed by atoms with Crippen LogP contribution in [0.1, 0.15) is 50.7 Å². The summed E-state index contributed by atoms with van der Waals surface area (Å²) in [6.07, 6.45) is 1.79. The quantitative estimate of drug-likeness (QED) is 0.620. The Balaban J connectivity index is 1.85. The number of rotatable bonds is 4. The van der Waals surface area contributed by atoms with Crippen LogP contribution < -0.4 is 5.32 Å². The van der Waals surface area contributed by atoms with Gasteiger partial charge in [0.25, 0.3) is 0 Å². The Labute approximate surface area is 181 Å². The van der Waals surface area contributed by atoms with E-state index in [0.29, 0.717) is 5.11 Å². The smallest absolute Gasteiger partial charge is 0.335 e. The number of carboxylic acid groups (broad SMARTS) is 1. The molecule has 0 saturated carbocycles. The van der Waals surface area contributed by atoms with E-state index in [9.17, 15) is 9.90 Å². The van der Waals surface area contributed by atoms with Gasteiger partial charge in [-0.05, 0) is 74.4 Å². The summed E-state index contributed by atoms with van der Waals surface area (Å²) in [6.45, 7) is 6.11. The summed E-state index contributed by atoms with van der Waals surface area (Å²) >= 11 is 5.55. The number of nitrogens with one attached hydrogen (secondary N) is 1. The number of aromatic nitrogens is 2. The van der Waals surface area contributed by atoms with E-state index in [4.69, 9.17) is 12.2 Å². The Bertz CT molecular complexity index is 1140. The zero-order valence-corrected chi connectivity index (χ0v) is 18.2. The highest BCUT2D eigenvalue weighted by molar-refractivity contribution is 7.80. The number of hydrogen-bond donors (Lipinski definition) is 2. The molecule has 1 saturated heterocycles. The molecule has 3 heterocycles. The lowest BCUT2D eigenvalue weighted by Gasteiger charge is -2.24. The van der Waals surface area contributed by atoms with Crippen LogP contribution in [0.4, 0.5) is 0 Å². The lowest BCUT2D eigenvalue weighted by Crippen LogP contribution is -2.25. The van der Waals surface area contributed by atoms with Crippen molar-refractivity contribution >= 4 is 23.3 Å². The number of carbonyl (C=O) groups is 1. The van der Waals surface area contributed by atoms with Crippen molar-refractivity contribution in [2.24, 2.45) is 0 Å². The van der Waals surface area contributed by atoms with Gasteiger partial charge in [-0.2, -0.15) is 0 Å². The second-order valence-corrected chi connectivity index (χ2v) is 8.09. The first-order valence-electron chi connectivity index (χ1n) is 9.77. The second-order valence-electron chi connectivity index (χ2n) is 7.71. The molecule has 2 aromatic heterocycles. The van der Waals surface area contributed by atoms with Gasteiger partial charge in [0.2, 0.25) is 0 Å². The molecule has 154 valence electrons. The average molecular weight is 421 g/mol. The van der Waals surface area contributed by atoms with Gasteiger partial charge >= 0.3 is 5.97 Å². The van der Waals surface area contributed by atoms with Crippen molar-refractivity contribution in [3.05, 3.63) is 82.4 Å². The zero-order chi connectivity index (χ0) is 21.6. The Kier molecular flexibility index (Phi) is 5.07. The highest BCUT2D eigenvalue weighted by Gasteiger charge is 2.39. The number of aromatic carboxylic acids is 1. The molecule has 2 N–H and O–H groups in total. The van der Waals surface area contributed by atoms with E-state index in [1.54, 1.807) is 18.3 Å². The van der Waals surface area contributed by atoms with Crippen LogP contribution in [-0.4, -0.2) is 37.7 Å². The number of hydrogen-bond acceptors (Lipinski definition) is 3. The predicted molar refractivity (Wildman–Crippen MR) is 120 cm³/mol. The highest BCUT2D eigenvalue weighted by Crippen LogP contribution is 2.40. The lowest BCUT2D eigenvalue weighted by molar-refractivity contribution is 0.0697. The molecule has 0 spiro atoms. The third kappa shape index (κ3) is 3.25. The van der Waals surface area contributed by atoms with Gasteiger partial charge in [-0.25, -0.2) is 4.79 Å². The number of nitrogens with zero attached hydrogens (tertiary/aromatic N) is 3. The van der Waals surface area contributed by atoms with Crippen LogP contribution in [0, 0.1) is 20.8 Å². The normalized spacial score (nSPS) is 18.5. The minimum atomic E-state index is -0.931. The van der Waals surface area contributed by atoms with Crippen molar-refractivity contribution in [3.8, 4) is 5.69 Å². The maximum atomic E-state index is 11.5. The van der Waals surface area contributed by atoms with Crippen molar-refractivity contribution in [3.63, 3.8) is 0 Å². The van der Waals surface area contributed by atoms with Crippen molar-refractivity contribution < 1.29 is 9.90 Å². The van der Waals surface area contributed by atoms with Gasteiger partial charge in [-0.3, -0.25) is 4.98 Å². The van der Waals surface area contributed by atoms with Crippen LogP contribution >= 0.6 is 12.2 Å². The van der Waals surface area contributed by atoms with Gasteiger partial charge in [0.1, 0.15) is 0 Å². The van der Waals surface area contributed by atoms with Crippen molar-refractivity contribution in [2.75, 3.05) is 7.05 Å². The van der Waals surface area contributed by atoms with Gasteiger partial charge in [-0.15, -0.1) is 0 Å². The number of thiocarbonyl (C=S) groups is 1. The first-order chi connectivity index (χ1) is 14.3. The molecule has 30 heavy (non-hydrogen) atoms. The number of aryl methyl sites for hydroxylation is 2. The van der Waals surface area contributed by atoms with Crippen LogP contribution in [0.5, 0.6) is 0 Å². The zero-order valence-electron chi connectivity index (χ0n) is 17.4. The minimum Gasteiger partial charge on any atom is -0.478 e. The molecule has 0 amide bonds. The summed E-state index contributed by atoms with van der Waals surface area (Å²) in [7, 11) is 1.99. The first-order valence-corrected chi connectivity index (χ1v) is 10.2. The Hall–Kier alpha value is -3.19. The highest BCUT2D eigenvalue weighted by atomic mass is 32.1. The predicted octanol–water partition coefficient (Wildman–Crippen LogP) is 4.10. The fourth-order valence-corrected chi connectivity index (χ4v) is 4.53. The van der Waals surface area contributed by atoms with Gasteiger partial charge in [0, 0.05) is 30.3 Å². The SMILES string of the molecule is Cc1ccc(C(=O)O)cc1-n1c(C)cc(C2C(c3ccccn3)NC(=S)N2C)c1C. The fraction of sp³-hybridized carbons (Fsp3) is 0.261. The summed E-state index contributed by atoms with van der Waals surface area (Å²) in [5, 5.41) is 13.5. The van der Waals surface area contributed by atoms with Crippen LogP contribution in [-0.2, 0) is 0 Å². The van der Waals surface area contributed by atoms with Crippen LogP contribution in [0.3, 0.4) is 0 Å². The molecule has 7 heteroatoms. The van der Waals surface area contributed by atoms with Gasteiger partial charge < -0.3 is 19.9 Å². The molecule has 1 fully saturated rings. The number of carboxylic acids is 1. The third-order valence-electron chi connectivity index (χ3n) is 5.82. The van der Waals surface area contributed by atoms with Crippen molar-refractivity contribution in [1.29, 1.82) is 0 Å². The summed E-state index contributed by atoms with van der Waals surface area (Å²) in [4.78, 5) is 18.1. The standard InChI is InChI=1S/C23H24N4O2S/c1-13-8-9-16(22(28)29)12-19(13)27-14(2)11-17(15(27)3)21-20(25-23(30)26(21)4)18-7-5-6-10-24-18/h5-12,20-21H,1-4H3,(H,25,30)(H,28,29). The second kappa shape index (κ2) is 7.57. The van der Waals surface area contributed by atoms with Gasteiger partial charge in [0.05, 0.1) is 23.3 Å². The number of pyridine rings is 1. The molecule has 2 atom stereocenters. The maximum absolute atomic E-state index is 11.5. The Morgan fingerprint density at radius 2 is 1.93 bits per heavy atom. The van der Waals surface area contributed by atoms with Crippen LogP contribution in [0.25, 0.3) is 5.69 Å². The Morgan fingerprint density at radius 3 is 2.60 bits per heavy atom. The maximum Gasteiger partial charge on any atom is 0.335 e. The molecule has 0 radical (unpaired) electrons. The molecule has 0 bridgehead atoms. The van der Waals surface area contributed by atoms with E-state index in [0.717, 1.165) is 33.9 Å². The third-order valence-corrected chi connectivity index (χ3v) is 6.23. The molecule has 0 aliphatic carbocycles. The molecular weight excluding hydrogens is 396 g/mol. The number of likely N-dealkylation sites (N-methyl/N-ethyl adjacent to an activating group) is 1. The topological polar surface area (TPSA) is 70.4 Å². The lowest BCUT2D eigenvalue weighted by atomic mass is 9.97. The summed E-state index contributed by atoms with van der Waals surface area (Å²) in [5.74, 6) is -0.931. The number of benzene rings is 1. The molecule has 2 unspecified atom stereocenters. The fourth-order valence-electron chi connectivity index (χ4n) is 4.29. The first kappa shape index (κ1) is 20.1. The monoisotopic (exact) mass is 420 g/mol. The van der Waals surface area contributed by atoms with E-state index in [1.807, 2.05) is 45.2 Å². The molecule has 3 aromatic rings. The van der Waals surface area contributed by atoms with E-state index < -0.39 is 5.97 Å². The van der Waals surface area contributed by atoms with Crippen molar-refractivity contribution in [1.82, 2.24) is 19.8 Å². The Morgan fingerprint density at radius 1 is 1.17 bits per heavy atom. The summed E-state index contributed by atoms with van der Waals surface area (Å²) < 4.78 is 2.13. The molecule has 1 aliphatic heterocycles. The summed E-state index contributed by atoms with van der Waals surface area (Å²) in [5.41, 5.74) is 6.34. The van der Waals surface area contributed by atoms with Crippen molar-refractivity contribution in [2.45, 2.75) is 32.9 Å². The molecule has 1 aliphatic rings. The molecule has 6 nitrogen and oxygen atoms in total.